The molecule has 7 nitrogen and oxygen atoms in total. The zero-order valence-corrected chi connectivity index (χ0v) is 13.3. The van der Waals surface area contributed by atoms with Crippen LogP contribution >= 0.6 is 11.8 Å². The number of hydrogen-bond donors (Lipinski definition) is 4. The molecule has 1 unspecified atom stereocenters. The maximum atomic E-state index is 12.0. The van der Waals surface area contributed by atoms with Crippen LogP contribution in [0.15, 0.2) is 36.0 Å². The maximum absolute atomic E-state index is 12.0. The van der Waals surface area contributed by atoms with Crippen molar-refractivity contribution in [1.82, 2.24) is 5.32 Å². The molecule has 0 aromatic heterocycles. The van der Waals surface area contributed by atoms with Gasteiger partial charge in [-0.2, -0.15) is 17.0 Å². The highest BCUT2D eigenvalue weighted by Crippen LogP contribution is 2.21. The minimum atomic E-state index is -1.15. The number of aliphatic carboxylic acids is 1. The van der Waals surface area contributed by atoms with Crippen molar-refractivity contribution in [2.45, 2.75) is 12.5 Å². The fourth-order valence-corrected chi connectivity index (χ4v) is 2.09. The van der Waals surface area contributed by atoms with Gasteiger partial charge in [-0.15, -0.1) is 0 Å². The number of rotatable bonds is 8. The Morgan fingerprint density at radius 1 is 1.43 bits per heavy atom. The smallest absolute Gasteiger partial charge is 0.326 e. The number of phenols is 1. The highest BCUT2D eigenvalue weighted by atomic mass is 32.2. The van der Waals surface area contributed by atoms with Crippen molar-refractivity contribution in [2.24, 2.45) is 0 Å². The predicted octanol–water partition coefficient (Wildman–Crippen LogP) is 1.53. The first-order valence-corrected chi connectivity index (χ1v) is 8.06. The molecule has 0 aliphatic carbocycles. The molecule has 0 aliphatic heterocycles. The molecule has 23 heavy (non-hydrogen) atoms. The lowest BCUT2D eigenvalue weighted by molar-refractivity contribution is -0.141. The van der Waals surface area contributed by atoms with Crippen molar-refractivity contribution < 1.29 is 19.8 Å². The number of amides is 1. The van der Waals surface area contributed by atoms with Crippen LogP contribution in [0.2, 0.25) is 0 Å². The fourth-order valence-electron chi connectivity index (χ4n) is 1.62. The average Bonchev–Trinajstić information content (AvgIpc) is 2.53. The van der Waals surface area contributed by atoms with E-state index in [0.29, 0.717) is 11.4 Å². The number of anilines is 1. The highest BCUT2D eigenvalue weighted by Gasteiger charge is 2.21. The fraction of sp³-hybridized carbons (Fsp3) is 0.267. The van der Waals surface area contributed by atoms with Gasteiger partial charge in [0.25, 0.3) is 5.91 Å². The monoisotopic (exact) mass is 335 g/mol. The molecule has 0 bridgehead atoms. The Bertz CT molecular complexity index is 640. The zero-order chi connectivity index (χ0) is 17.2. The maximum Gasteiger partial charge on any atom is 0.326 e. The first kappa shape index (κ1) is 18.4. The number of phenolic OH excluding ortho intramolecular Hbond substituents is 1. The molecule has 122 valence electrons. The molecule has 0 spiro atoms. The molecular formula is C15H17N3O4S. The lowest BCUT2D eigenvalue weighted by Crippen LogP contribution is -2.41. The average molecular weight is 335 g/mol. The van der Waals surface area contributed by atoms with Gasteiger partial charge in [-0.05, 0) is 30.6 Å². The SMILES string of the molecule is CSCCC(NC(=O)/C(C#N)=C\Nc1ccccc1O)C(=O)O. The third-order valence-electron chi connectivity index (χ3n) is 2.86. The van der Waals surface area contributed by atoms with Gasteiger partial charge < -0.3 is 20.8 Å². The number of nitriles is 1. The van der Waals surface area contributed by atoms with Crippen LogP contribution < -0.4 is 10.6 Å². The van der Waals surface area contributed by atoms with Gasteiger partial charge in [-0.25, -0.2) is 4.79 Å². The largest absolute Gasteiger partial charge is 0.506 e. The van der Waals surface area contributed by atoms with Gasteiger partial charge >= 0.3 is 5.97 Å². The van der Waals surface area contributed by atoms with Crippen molar-refractivity contribution in [3.63, 3.8) is 0 Å². The van der Waals surface area contributed by atoms with E-state index in [1.807, 2.05) is 6.26 Å². The van der Waals surface area contributed by atoms with Gasteiger partial charge in [0.2, 0.25) is 0 Å². The summed E-state index contributed by atoms with van der Waals surface area (Å²) in [6.07, 6.45) is 3.21. The van der Waals surface area contributed by atoms with E-state index in [-0.39, 0.29) is 17.7 Å². The number of carboxylic acids is 1. The second-order valence-electron chi connectivity index (χ2n) is 4.48. The Morgan fingerprint density at radius 3 is 2.70 bits per heavy atom. The van der Waals surface area contributed by atoms with Crippen molar-refractivity contribution >= 4 is 29.3 Å². The summed E-state index contributed by atoms with van der Waals surface area (Å²) >= 11 is 1.46. The quantitative estimate of drug-likeness (QED) is 0.323. The van der Waals surface area contributed by atoms with Gasteiger partial charge in [0.1, 0.15) is 23.4 Å². The number of nitrogens with zero attached hydrogens (tertiary/aromatic N) is 1. The Morgan fingerprint density at radius 2 is 2.13 bits per heavy atom. The third-order valence-corrected chi connectivity index (χ3v) is 3.50. The van der Waals surface area contributed by atoms with Crippen LogP contribution in [0.1, 0.15) is 6.42 Å². The summed E-state index contributed by atoms with van der Waals surface area (Å²) in [7, 11) is 0. The van der Waals surface area contributed by atoms with Gasteiger partial charge in [0.05, 0.1) is 5.69 Å². The molecule has 0 radical (unpaired) electrons. The number of para-hydroxylation sites is 2. The molecule has 1 aromatic carbocycles. The molecule has 0 aliphatic rings. The van der Waals surface area contributed by atoms with E-state index in [2.05, 4.69) is 10.6 Å². The normalized spacial score (nSPS) is 12.1. The molecule has 0 heterocycles. The minimum absolute atomic E-state index is 0.0372. The predicted molar refractivity (Wildman–Crippen MR) is 88.0 cm³/mol. The summed E-state index contributed by atoms with van der Waals surface area (Å²) < 4.78 is 0. The summed E-state index contributed by atoms with van der Waals surface area (Å²) in [6.45, 7) is 0. The summed E-state index contributed by atoms with van der Waals surface area (Å²) in [6, 6.07) is 6.96. The Hall–Kier alpha value is -2.66. The van der Waals surface area contributed by atoms with Gasteiger partial charge in [0, 0.05) is 6.20 Å². The molecule has 0 saturated heterocycles. The van der Waals surface area contributed by atoms with E-state index in [9.17, 15) is 14.7 Å². The first-order valence-electron chi connectivity index (χ1n) is 6.67. The molecule has 8 heteroatoms. The summed E-state index contributed by atoms with van der Waals surface area (Å²) in [4.78, 5) is 23.1. The molecule has 0 fully saturated rings. The molecular weight excluding hydrogens is 318 g/mol. The van der Waals surface area contributed by atoms with Crippen LogP contribution in [-0.2, 0) is 9.59 Å². The first-order chi connectivity index (χ1) is 11.0. The summed E-state index contributed by atoms with van der Waals surface area (Å²) in [5, 5.41) is 32.7. The number of nitrogens with one attached hydrogen (secondary N) is 2. The highest BCUT2D eigenvalue weighted by molar-refractivity contribution is 7.98. The van der Waals surface area contributed by atoms with Gasteiger partial charge in [-0.1, -0.05) is 12.1 Å². The van der Waals surface area contributed by atoms with E-state index < -0.39 is 17.9 Å². The Kier molecular flexibility index (Phi) is 7.50. The molecule has 4 N–H and O–H groups in total. The van der Waals surface area contributed by atoms with Gasteiger partial charge in [-0.3, -0.25) is 4.79 Å². The van der Waals surface area contributed by atoms with E-state index >= 15 is 0 Å². The topological polar surface area (TPSA) is 122 Å². The van der Waals surface area contributed by atoms with Crippen molar-refractivity contribution in [1.29, 1.82) is 5.26 Å². The number of aromatic hydroxyl groups is 1. The third kappa shape index (κ3) is 5.92. The van der Waals surface area contributed by atoms with Crippen LogP contribution in [-0.4, -0.2) is 40.1 Å². The summed E-state index contributed by atoms with van der Waals surface area (Å²) in [5.74, 6) is -1.41. The lowest BCUT2D eigenvalue weighted by Gasteiger charge is -2.13. The second kappa shape index (κ2) is 9.38. The zero-order valence-electron chi connectivity index (χ0n) is 12.4. The molecule has 1 aromatic rings. The summed E-state index contributed by atoms with van der Waals surface area (Å²) in [5.41, 5.74) is 0.0360. The number of thioether (sulfide) groups is 1. The minimum Gasteiger partial charge on any atom is -0.506 e. The van der Waals surface area contributed by atoms with E-state index in [1.54, 1.807) is 24.3 Å². The van der Waals surface area contributed by atoms with E-state index in [4.69, 9.17) is 10.4 Å². The number of carbonyl (C=O) groups excluding carboxylic acids is 1. The van der Waals surface area contributed by atoms with Crippen LogP contribution in [0.3, 0.4) is 0 Å². The van der Waals surface area contributed by atoms with Crippen LogP contribution in [0.25, 0.3) is 0 Å². The second-order valence-corrected chi connectivity index (χ2v) is 5.46. The molecule has 1 rings (SSSR count). The van der Waals surface area contributed by atoms with E-state index in [0.717, 1.165) is 6.20 Å². The lowest BCUT2D eigenvalue weighted by atomic mass is 10.2. The van der Waals surface area contributed by atoms with E-state index in [1.165, 1.54) is 17.8 Å². The standard InChI is InChI=1S/C15H17N3O4S/c1-23-7-6-12(15(21)22)18-14(20)10(8-16)9-17-11-4-2-3-5-13(11)19/h2-5,9,12,17,19H,6-7H2,1H3,(H,18,20)(H,21,22)/b10-9-. The van der Waals surface area contributed by atoms with Crippen molar-refractivity contribution in [3.8, 4) is 11.8 Å². The number of hydrogen-bond acceptors (Lipinski definition) is 6. The van der Waals surface area contributed by atoms with Crippen molar-refractivity contribution in [3.05, 3.63) is 36.0 Å². The number of carboxylic acid groups (broad SMARTS) is 1. The number of benzene rings is 1. The molecule has 0 saturated carbocycles. The molecule has 1 amide bonds. The molecule has 1 atom stereocenters. The van der Waals surface area contributed by atoms with Crippen LogP contribution in [0.4, 0.5) is 5.69 Å². The number of carbonyl (C=O) groups is 2. The van der Waals surface area contributed by atoms with Crippen LogP contribution in [0.5, 0.6) is 5.75 Å². The Labute approximate surface area is 138 Å². The van der Waals surface area contributed by atoms with Crippen LogP contribution in [0, 0.1) is 11.3 Å². The van der Waals surface area contributed by atoms with Gasteiger partial charge in [0.15, 0.2) is 0 Å². The van der Waals surface area contributed by atoms with Crippen molar-refractivity contribution in [2.75, 3.05) is 17.3 Å². The Balaban J connectivity index is 2.78.